The number of nitrogens with one attached hydrogen (secondary N) is 4. The largest absolute Gasteiger partial charge is 0.467 e. The maximum absolute atomic E-state index is 13.4. The molecule has 11 heteroatoms. The fourth-order valence-electron chi connectivity index (χ4n) is 5.28. The lowest BCUT2D eigenvalue weighted by Crippen LogP contribution is -2.53. The second-order valence-electron chi connectivity index (χ2n) is 10.9. The molecule has 4 rings (SSSR count). The topological polar surface area (TPSA) is 146 Å². The highest BCUT2D eigenvalue weighted by atomic mass is 16.5. The van der Waals surface area contributed by atoms with Crippen LogP contribution >= 0.6 is 0 Å². The number of imidazole rings is 1. The van der Waals surface area contributed by atoms with Gasteiger partial charge in [0, 0.05) is 43.9 Å². The molecule has 1 saturated heterocycles. The molecule has 0 unspecified atom stereocenters. The lowest BCUT2D eigenvalue weighted by atomic mass is 9.97. The summed E-state index contributed by atoms with van der Waals surface area (Å²) in [5.74, 6) is -1.14. The summed E-state index contributed by atoms with van der Waals surface area (Å²) in [6.07, 6.45) is 4.93. The van der Waals surface area contributed by atoms with Crippen LogP contribution < -0.4 is 16.0 Å². The average Bonchev–Trinajstić information content (AvgIpc) is 3.67. The minimum Gasteiger partial charge on any atom is -0.467 e. The van der Waals surface area contributed by atoms with Gasteiger partial charge in [0.25, 0.3) is 0 Å². The Labute approximate surface area is 245 Å². The molecule has 1 aliphatic rings. The highest BCUT2D eigenvalue weighted by Gasteiger charge is 2.31. The highest BCUT2D eigenvalue weighted by Crippen LogP contribution is 2.21. The van der Waals surface area contributed by atoms with E-state index in [-0.39, 0.29) is 42.6 Å². The van der Waals surface area contributed by atoms with Gasteiger partial charge in [-0.05, 0) is 28.7 Å². The molecule has 4 N–H and O–H groups in total. The third-order valence-electron chi connectivity index (χ3n) is 7.87. The van der Waals surface area contributed by atoms with Crippen molar-refractivity contribution in [1.29, 1.82) is 0 Å². The van der Waals surface area contributed by atoms with E-state index in [0.29, 0.717) is 31.6 Å². The van der Waals surface area contributed by atoms with Gasteiger partial charge in [-0.15, -0.1) is 0 Å². The Morgan fingerprint density at radius 1 is 1.14 bits per heavy atom. The Hall–Kier alpha value is -4.25. The summed E-state index contributed by atoms with van der Waals surface area (Å²) in [6.45, 7) is 4.94. The van der Waals surface area contributed by atoms with E-state index in [9.17, 15) is 19.2 Å². The van der Waals surface area contributed by atoms with Crippen molar-refractivity contribution in [3.05, 3.63) is 66.2 Å². The molecule has 1 aromatic heterocycles. The standard InChI is InChI=1S/C31H40N6O5/c1-4-20(2)27(36-30(40)25-12-13-28(38)34-25)17-37(16-22-10-7-9-21-8-5-6-11-24(21)22)18-29(39)35-26(31(41)42-3)14-23-15-32-19-33-23/h5-11,15,19-20,25-27H,4,12-14,16-18H2,1-3H3,(H,32,33)(H,34,38)(H,35,39)(H,36,40)/t20-,25-,26-,27+/m0/s1. The summed E-state index contributed by atoms with van der Waals surface area (Å²) in [7, 11) is 1.29. The Kier molecular flexibility index (Phi) is 10.7. The average molecular weight is 577 g/mol. The quantitative estimate of drug-likeness (QED) is 0.215. The zero-order valence-electron chi connectivity index (χ0n) is 24.4. The lowest BCUT2D eigenvalue weighted by molar-refractivity contribution is -0.145. The van der Waals surface area contributed by atoms with Crippen LogP contribution in [0.2, 0.25) is 0 Å². The van der Waals surface area contributed by atoms with Crippen LogP contribution in [0.1, 0.15) is 44.4 Å². The van der Waals surface area contributed by atoms with Gasteiger partial charge in [0.2, 0.25) is 17.7 Å². The fraction of sp³-hybridized carbons (Fsp3) is 0.452. The third-order valence-corrected chi connectivity index (χ3v) is 7.87. The lowest BCUT2D eigenvalue weighted by Gasteiger charge is -2.32. The number of hydrogen-bond acceptors (Lipinski definition) is 7. The van der Waals surface area contributed by atoms with E-state index >= 15 is 0 Å². The molecule has 4 atom stereocenters. The normalized spacial score (nSPS) is 17.0. The van der Waals surface area contributed by atoms with Crippen molar-refractivity contribution in [1.82, 2.24) is 30.8 Å². The summed E-state index contributed by atoms with van der Waals surface area (Å²) >= 11 is 0. The Morgan fingerprint density at radius 3 is 2.62 bits per heavy atom. The monoisotopic (exact) mass is 576 g/mol. The number of esters is 1. The van der Waals surface area contributed by atoms with Crippen molar-refractivity contribution in [3.8, 4) is 0 Å². The van der Waals surface area contributed by atoms with Crippen LogP contribution in [0.4, 0.5) is 0 Å². The van der Waals surface area contributed by atoms with Crippen molar-refractivity contribution in [2.75, 3.05) is 20.2 Å². The zero-order valence-corrected chi connectivity index (χ0v) is 24.4. The zero-order chi connectivity index (χ0) is 30.1. The molecule has 3 aromatic rings. The number of ether oxygens (including phenoxy) is 1. The van der Waals surface area contributed by atoms with E-state index in [1.807, 2.05) is 41.3 Å². The molecule has 0 radical (unpaired) electrons. The van der Waals surface area contributed by atoms with Crippen molar-refractivity contribution >= 4 is 34.5 Å². The molecule has 2 heterocycles. The van der Waals surface area contributed by atoms with E-state index in [2.05, 4.69) is 45.8 Å². The Bertz CT molecular complexity index is 1370. The molecular weight excluding hydrogens is 536 g/mol. The number of carbonyl (C=O) groups is 4. The molecule has 1 aliphatic heterocycles. The van der Waals surface area contributed by atoms with E-state index < -0.39 is 18.1 Å². The predicted octanol–water partition coefficient (Wildman–Crippen LogP) is 2.07. The first kappa shape index (κ1) is 30.7. The van der Waals surface area contributed by atoms with Gasteiger partial charge in [-0.25, -0.2) is 9.78 Å². The fourth-order valence-corrected chi connectivity index (χ4v) is 5.28. The third kappa shape index (κ3) is 8.16. The van der Waals surface area contributed by atoms with E-state index in [1.165, 1.54) is 13.4 Å². The molecule has 0 saturated carbocycles. The SMILES string of the molecule is CC[C@H](C)[C@@H](CN(CC(=O)N[C@@H](Cc1cnc[nH]1)C(=O)OC)Cc1cccc2ccccc12)NC(=O)[C@@H]1CCC(=O)N1. The maximum atomic E-state index is 13.4. The molecule has 42 heavy (non-hydrogen) atoms. The molecule has 1 fully saturated rings. The number of H-pyrrole nitrogens is 1. The molecular formula is C31H40N6O5. The number of rotatable bonds is 14. The van der Waals surface area contributed by atoms with Crippen LogP contribution in [0.3, 0.4) is 0 Å². The van der Waals surface area contributed by atoms with Crippen molar-refractivity contribution in [2.24, 2.45) is 5.92 Å². The second kappa shape index (κ2) is 14.6. The molecule has 0 bridgehead atoms. The molecule has 11 nitrogen and oxygen atoms in total. The van der Waals surface area contributed by atoms with Gasteiger partial charge in [0.1, 0.15) is 12.1 Å². The second-order valence-corrected chi connectivity index (χ2v) is 10.9. The number of nitrogens with zero attached hydrogens (tertiary/aromatic N) is 2. The number of methoxy groups -OCH3 is 1. The first-order valence-corrected chi connectivity index (χ1v) is 14.4. The van der Waals surface area contributed by atoms with Gasteiger partial charge < -0.3 is 25.7 Å². The first-order valence-electron chi connectivity index (χ1n) is 14.4. The van der Waals surface area contributed by atoms with Crippen LogP contribution in [0.15, 0.2) is 55.0 Å². The highest BCUT2D eigenvalue weighted by molar-refractivity contribution is 5.91. The molecule has 0 aliphatic carbocycles. The van der Waals surface area contributed by atoms with Crippen molar-refractivity contribution in [2.45, 2.75) is 64.2 Å². The number of carbonyl (C=O) groups excluding carboxylic acids is 4. The Balaban J connectivity index is 1.55. The maximum Gasteiger partial charge on any atom is 0.328 e. The van der Waals surface area contributed by atoms with Gasteiger partial charge in [-0.1, -0.05) is 62.7 Å². The minimum absolute atomic E-state index is 0.0112. The Morgan fingerprint density at radius 2 is 1.93 bits per heavy atom. The number of benzene rings is 2. The number of amides is 3. The molecule has 2 aromatic carbocycles. The van der Waals surface area contributed by atoms with Gasteiger partial charge in [0.15, 0.2) is 0 Å². The summed E-state index contributed by atoms with van der Waals surface area (Å²) in [5.41, 5.74) is 1.73. The van der Waals surface area contributed by atoms with Crippen LogP contribution in [-0.2, 0) is 36.9 Å². The van der Waals surface area contributed by atoms with Gasteiger partial charge >= 0.3 is 5.97 Å². The van der Waals surface area contributed by atoms with Crippen molar-refractivity contribution < 1.29 is 23.9 Å². The number of fused-ring (bicyclic) bond motifs is 1. The van der Waals surface area contributed by atoms with Crippen LogP contribution in [-0.4, -0.2) is 76.9 Å². The van der Waals surface area contributed by atoms with Gasteiger partial charge in [-0.3, -0.25) is 19.3 Å². The smallest absolute Gasteiger partial charge is 0.328 e. The number of aromatic nitrogens is 2. The van der Waals surface area contributed by atoms with E-state index in [4.69, 9.17) is 4.74 Å². The molecule has 224 valence electrons. The molecule has 0 spiro atoms. The number of aromatic amines is 1. The minimum atomic E-state index is -0.890. The van der Waals surface area contributed by atoms with Crippen LogP contribution in [0.25, 0.3) is 10.8 Å². The van der Waals surface area contributed by atoms with Gasteiger partial charge in [-0.2, -0.15) is 0 Å². The molecule has 3 amide bonds. The van der Waals surface area contributed by atoms with Gasteiger partial charge in [0.05, 0.1) is 20.0 Å². The number of hydrogen-bond donors (Lipinski definition) is 4. The van der Waals surface area contributed by atoms with E-state index in [0.717, 1.165) is 22.8 Å². The summed E-state index contributed by atoms with van der Waals surface area (Å²) in [6, 6.07) is 12.4. The summed E-state index contributed by atoms with van der Waals surface area (Å²) in [5, 5.41) is 10.9. The van der Waals surface area contributed by atoms with Crippen LogP contribution in [0, 0.1) is 5.92 Å². The predicted molar refractivity (Wildman–Crippen MR) is 158 cm³/mol. The summed E-state index contributed by atoms with van der Waals surface area (Å²) < 4.78 is 4.94. The summed E-state index contributed by atoms with van der Waals surface area (Å²) in [4.78, 5) is 59.7. The van der Waals surface area contributed by atoms with Crippen molar-refractivity contribution in [3.63, 3.8) is 0 Å². The van der Waals surface area contributed by atoms with E-state index in [1.54, 1.807) is 6.20 Å². The first-order chi connectivity index (χ1) is 20.3. The van der Waals surface area contributed by atoms with Crippen LogP contribution in [0.5, 0.6) is 0 Å².